The van der Waals surface area contributed by atoms with E-state index in [1.807, 2.05) is 24.4 Å². The molecule has 0 aliphatic heterocycles. The van der Waals surface area contributed by atoms with Crippen LogP contribution in [0.4, 0.5) is 5.13 Å². The predicted octanol–water partition coefficient (Wildman–Crippen LogP) is 5.39. The standard InChI is InChI=1S/C11H9BrCl2N2S/c1-6(15-11-16-10(12)5-17-11)8-3-2-7(13)4-9(8)14/h2-6H,1H3,(H,15,16). The molecule has 6 heteroatoms. The van der Waals surface area contributed by atoms with Crippen LogP contribution in [0.3, 0.4) is 0 Å². The highest BCUT2D eigenvalue weighted by molar-refractivity contribution is 9.10. The lowest BCUT2D eigenvalue weighted by atomic mass is 10.1. The van der Waals surface area contributed by atoms with Crippen molar-refractivity contribution in [2.24, 2.45) is 0 Å². The second-order valence-electron chi connectivity index (χ2n) is 3.51. The third kappa shape index (κ3) is 3.35. The van der Waals surface area contributed by atoms with Gasteiger partial charge in [0.25, 0.3) is 0 Å². The first kappa shape index (κ1) is 13.1. The van der Waals surface area contributed by atoms with Gasteiger partial charge in [-0.25, -0.2) is 4.98 Å². The lowest BCUT2D eigenvalue weighted by Gasteiger charge is -2.14. The van der Waals surface area contributed by atoms with Gasteiger partial charge in [0.15, 0.2) is 5.13 Å². The maximum Gasteiger partial charge on any atom is 0.184 e. The fourth-order valence-corrected chi connectivity index (χ4v) is 3.24. The summed E-state index contributed by atoms with van der Waals surface area (Å²) in [6.07, 6.45) is 0. The minimum atomic E-state index is 0.0813. The highest BCUT2D eigenvalue weighted by Gasteiger charge is 2.11. The van der Waals surface area contributed by atoms with Crippen molar-refractivity contribution in [3.63, 3.8) is 0 Å². The maximum atomic E-state index is 6.15. The first-order valence-corrected chi connectivity index (χ1v) is 7.31. The number of aromatic nitrogens is 1. The van der Waals surface area contributed by atoms with Crippen molar-refractivity contribution in [1.82, 2.24) is 4.98 Å². The minimum absolute atomic E-state index is 0.0813. The average Bonchev–Trinajstić information content (AvgIpc) is 2.63. The quantitative estimate of drug-likeness (QED) is 0.802. The van der Waals surface area contributed by atoms with Gasteiger partial charge < -0.3 is 5.32 Å². The van der Waals surface area contributed by atoms with Gasteiger partial charge in [-0.2, -0.15) is 0 Å². The van der Waals surface area contributed by atoms with E-state index in [1.165, 1.54) is 0 Å². The van der Waals surface area contributed by atoms with Gasteiger partial charge in [-0.3, -0.25) is 0 Å². The highest BCUT2D eigenvalue weighted by Crippen LogP contribution is 2.29. The van der Waals surface area contributed by atoms with Crippen LogP contribution >= 0.6 is 50.5 Å². The third-order valence-electron chi connectivity index (χ3n) is 2.25. The Bertz CT molecular complexity index is 530. The zero-order valence-corrected chi connectivity index (χ0v) is 12.8. The van der Waals surface area contributed by atoms with Gasteiger partial charge in [-0.05, 0) is 40.5 Å². The lowest BCUT2D eigenvalue weighted by molar-refractivity contribution is 0.881. The Kier molecular flexibility index (Phi) is 4.31. The molecule has 1 aromatic carbocycles. The van der Waals surface area contributed by atoms with Crippen LogP contribution in [0, 0.1) is 0 Å². The molecular weight excluding hydrogens is 343 g/mol. The van der Waals surface area contributed by atoms with Gasteiger partial charge >= 0.3 is 0 Å². The van der Waals surface area contributed by atoms with Crippen molar-refractivity contribution in [3.8, 4) is 0 Å². The van der Waals surface area contributed by atoms with Crippen molar-refractivity contribution in [1.29, 1.82) is 0 Å². The molecule has 1 aromatic heterocycles. The van der Waals surface area contributed by atoms with Crippen molar-refractivity contribution in [2.75, 3.05) is 5.32 Å². The van der Waals surface area contributed by atoms with E-state index in [0.717, 1.165) is 15.3 Å². The molecule has 0 amide bonds. The van der Waals surface area contributed by atoms with E-state index in [9.17, 15) is 0 Å². The highest BCUT2D eigenvalue weighted by atomic mass is 79.9. The van der Waals surface area contributed by atoms with Crippen molar-refractivity contribution in [3.05, 3.63) is 43.8 Å². The Hall–Kier alpha value is -0.290. The van der Waals surface area contributed by atoms with Crippen LogP contribution in [0.15, 0.2) is 28.2 Å². The molecule has 0 radical (unpaired) electrons. The van der Waals surface area contributed by atoms with E-state index in [-0.39, 0.29) is 6.04 Å². The van der Waals surface area contributed by atoms with Crippen molar-refractivity contribution < 1.29 is 0 Å². The van der Waals surface area contributed by atoms with Gasteiger partial charge in [0.2, 0.25) is 0 Å². The number of hydrogen-bond donors (Lipinski definition) is 1. The van der Waals surface area contributed by atoms with Crippen LogP contribution in [0.25, 0.3) is 0 Å². The normalized spacial score (nSPS) is 12.5. The monoisotopic (exact) mass is 350 g/mol. The molecule has 1 heterocycles. The molecule has 0 fully saturated rings. The summed E-state index contributed by atoms with van der Waals surface area (Å²) >= 11 is 16.9. The molecule has 0 saturated carbocycles. The van der Waals surface area contributed by atoms with Crippen molar-refractivity contribution in [2.45, 2.75) is 13.0 Å². The molecule has 0 aliphatic rings. The van der Waals surface area contributed by atoms with Crippen molar-refractivity contribution >= 4 is 55.6 Å². The Morgan fingerprint density at radius 1 is 1.41 bits per heavy atom. The van der Waals surface area contributed by atoms with Crippen LogP contribution in [0.2, 0.25) is 10.0 Å². The smallest absolute Gasteiger partial charge is 0.184 e. The molecule has 2 nitrogen and oxygen atoms in total. The number of hydrogen-bond acceptors (Lipinski definition) is 3. The molecule has 1 N–H and O–H groups in total. The molecule has 2 rings (SSSR count). The fourth-order valence-electron chi connectivity index (χ4n) is 1.44. The number of thiazole rings is 1. The minimum Gasteiger partial charge on any atom is -0.355 e. The average molecular weight is 352 g/mol. The Labute approximate surface area is 122 Å². The fraction of sp³-hybridized carbons (Fsp3) is 0.182. The summed E-state index contributed by atoms with van der Waals surface area (Å²) in [6, 6.07) is 5.58. The number of nitrogens with zero attached hydrogens (tertiary/aromatic N) is 1. The molecular formula is C11H9BrCl2N2S. The molecule has 0 saturated heterocycles. The topological polar surface area (TPSA) is 24.9 Å². The number of benzene rings is 1. The van der Waals surface area contributed by atoms with E-state index in [2.05, 4.69) is 26.2 Å². The summed E-state index contributed by atoms with van der Waals surface area (Å²) in [5.41, 5.74) is 1.00. The van der Waals surface area contributed by atoms with Crippen LogP contribution in [0.1, 0.15) is 18.5 Å². The Morgan fingerprint density at radius 3 is 2.76 bits per heavy atom. The lowest BCUT2D eigenvalue weighted by Crippen LogP contribution is -2.06. The first-order chi connectivity index (χ1) is 8.06. The largest absolute Gasteiger partial charge is 0.355 e. The van der Waals surface area contributed by atoms with Gasteiger partial charge in [0, 0.05) is 15.4 Å². The Balaban J connectivity index is 2.17. The molecule has 1 atom stereocenters. The zero-order chi connectivity index (χ0) is 12.4. The molecule has 17 heavy (non-hydrogen) atoms. The van der Waals surface area contributed by atoms with E-state index in [0.29, 0.717) is 10.0 Å². The summed E-state index contributed by atoms with van der Waals surface area (Å²) in [5, 5.41) is 7.38. The molecule has 0 spiro atoms. The summed E-state index contributed by atoms with van der Waals surface area (Å²) in [5.74, 6) is 0. The summed E-state index contributed by atoms with van der Waals surface area (Å²) < 4.78 is 0.833. The number of halogens is 3. The summed E-state index contributed by atoms with van der Waals surface area (Å²) in [7, 11) is 0. The molecule has 90 valence electrons. The number of nitrogens with one attached hydrogen (secondary N) is 1. The van der Waals surface area contributed by atoms with E-state index in [1.54, 1.807) is 17.4 Å². The summed E-state index contributed by atoms with van der Waals surface area (Å²) in [4.78, 5) is 4.28. The summed E-state index contributed by atoms with van der Waals surface area (Å²) in [6.45, 7) is 2.03. The van der Waals surface area contributed by atoms with Crippen LogP contribution in [-0.2, 0) is 0 Å². The third-order valence-corrected chi connectivity index (χ3v) is 4.29. The van der Waals surface area contributed by atoms with Gasteiger partial charge in [-0.1, -0.05) is 29.3 Å². The van der Waals surface area contributed by atoms with Gasteiger partial charge in [-0.15, -0.1) is 11.3 Å². The van der Waals surface area contributed by atoms with Crippen LogP contribution < -0.4 is 5.32 Å². The molecule has 0 aliphatic carbocycles. The van der Waals surface area contributed by atoms with Crippen LogP contribution in [-0.4, -0.2) is 4.98 Å². The maximum absolute atomic E-state index is 6.15. The van der Waals surface area contributed by atoms with E-state index in [4.69, 9.17) is 23.2 Å². The molecule has 2 aromatic rings. The number of rotatable bonds is 3. The van der Waals surface area contributed by atoms with Gasteiger partial charge in [0.1, 0.15) is 4.60 Å². The predicted molar refractivity (Wildman–Crippen MR) is 78.3 cm³/mol. The molecule has 0 bridgehead atoms. The second kappa shape index (κ2) is 5.57. The molecule has 1 unspecified atom stereocenters. The first-order valence-electron chi connectivity index (χ1n) is 4.89. The number of anilines is 1. The van der Waals surface area contributed by atoms with E-state index >= 15 is 0 Å². The second-order valence-corrected chi connectivity index (χ2v) is 6.02. The van der Waals surface area contributed by atoms with Gasteiger partial charge in [0.05, 0.1) is 6.04 Å². The Morgan fingerprint density at radius 2 is 2.18 bits per heavy atom. The zero-order valence-electron chi connectivity index (χ0n) is 8.88. The van der Waals surface area contributed by atoms with E-state index < -0.39 is 0 Å². The van der Waals surface area contributed by atoms with Crippen LogP contribution in [0.5, 0.6) is 0 Å². The SMILES string of the molecule is CC(Nc1nc(Br)cs1)c1ccc(Cl)cc1Cl.